The molecule has 2 N–H and O–H groups in total. The third kappa shape index (κ3) is 3.16. The summed E-state index contributed by atoms with van der Waals surface area (Å²) in [6.45, 7) is 3.95. The molecule has 1 unspecified atom stereocenters. The van der Waals surface area contributed by atoms with Crippen molar-refractivity contribution in [3.8, 4) is 0 Å². The van der Waals surface area contributed by atoms with Gasteiger partial charge in [-0.3, -0.25) is 4.90 Å². The monoisotopic (exact) mass is 288 g/mol. The van der Waals surface area contributed by atoms with Gasteiger partial charge in [-0.2, -0.15) is 0 Å². The molecule has 0 saturated carbocycles. The number of nitrogens with zero attached hydrogens (tertiary/aromatic N) is 1. The Kier molecular flexibility index (Phi) is 5.27. The van der Waals surface area contributed by atoms with Gasteiger partial charge in [-0.05, 0) is 18.1 Å². The lowest BCUT2D eigenvalue weighted by Gasteiger charge is -2.30. The van der Waals surface area contributed by atoms with Crippen molar-refractivity contribution in [1.82, 2.24) is 4.90 Å². The van der Waals surface area contributed by atoms with E-state index in [0.29, 0.717) is 16.6 Å². The van der Waals surface area contributed by atoms with E-state index in [1.54, 1.807) is 6.07 Å². The van der Waals surface area contributed by atoms with Crippen LogP contribution in [0.15, 0.2) is 18.2 Å². The molecule has 3 nitrogen and oxygen atoms in total. The molecular formula is C13H18Cl2N2O. The van der Waals surface area contributed by atoms with Crippen molar-refractivity contribution in [2.45, 2.75) is 12.5 Å². The quantitative estimate of drug-likeness (QED) is 0.930. The van der Waals surface area contributed by atoms with Crippen molar-refractivity contribution < 1.29 is 4.74 Å². The fourth-order valence-electron chi connectivity index (χ4n) is 2.33. The summed E-state index contributed by atoms with van der Waals surface area (Å²) in [4.78, 5) is 2.32. The van der Waals surface area contributed by atoms with Gasteiger partial charge in [0, 0.05) is 32.3 Å². The van der Waals surface area contributed by atoms with Gasteiger partial charge in [-0.25, -0.2) is 0 Å². The topological polar surface area (TPSA) is 38.5 Å². The number of nitrogens with two attached hydrogens (primary N) is 1. The second-order valence-corrected chi connectivity index (χ2v) is 5.18. The summed E-state index contributed by atoms with van der Waals surface area (Å²) in [6.07, 6.45) is 1.02. The first kappa shape index (κ1) is 14.1. The Labute approximate surface area is 118 Å². The first-order valence-electron chi connectivity index (χ1n) is 6.20. The third-order valence-electron chi connectivity index (χ3n) is 3.26. The summed E-state index contributed by atoms with van der Waals surface area (Å²) in [5.41, 5.74) is 6.93. The van der Waals surface area contributed by atoms with E-state index in [-0.39, 0.29) is 6.04 Å². The molecular weight excluding hydrogens is 271 g/mol. The minimum absolute atomic E-state index is 0.109. The lowest BCUT2D eigenvalue weighted by Crippen LogP contribution is -2.35. The average Bonchev–Trinajstić information content (AvgIpc) is 2.64. The molecule has 0 aromatic heterocycles. The van der Waals surface area contributed by atoms with Crippen molar-refractivity contribution in [1.29, 1.82) is 0 Å². The van der Waals surface area contributed by atoms with Crippen molar-refractivity contribution >= 4 is 23.2 Å². The number of hydrogen-bond acceptors (Lipinski definition) is 3. The van der Waals surface area contributed by atoms with E-state index >= 15 is 0 Å². The van der Waals surface area contributed by atoms with E-state index in [0.717, 1.165) is 38.3 Å². The molecule has 1 aromatic rings. The second kappa shape index (κ2) is 6.73. The van der Waals surface area contributed by atoms with Crippen LogP contribution in [0.3, 0.4) is 0 Å². The molecule has 1 atom stereocenters. The number of rotatable bonds is 3. The molecule has 0 spiro atoms. The summed E-state index contributed by atoms with van der Waals surface area (Å²) in [7, 11) is 0. The summed E-state index contributed by atoms with van der Waals surface area (Å²) < 4.78 is 5.47. The highest BCUT2D eigenvalue weighted by Crippen LogP contribution is 2.32. The summed E-state index contributed by atoms with van der Waals surface area (Å²) in [5, 5.41) is 1.19. The molecule has 18 heavy (non-hydrogen) atoms. The van der Waals surface area contributed by atoms with Crippen molar-refractivity contribution in [3.63, 3.8) is 0 Å². The standard InChI is InChI=1S/C13H18Cl2N2O/c14-11-4-1-3-10(13(11)15)12(9-16)17-5-2-7-18-8-6-17/h1,3-4,12H,2,5-9,16H2. The molecule has 0 bridgehead atoms. The minimum Gasteiger partial charge on any atom is -0.380 e. The zero-order chi connectivity index (χ0) is 13.0. The first-order valence-corrected chi connectivity index (χ1v) is 6.95. The fourth-order valence-corrected chi connectivity index (χ4v) is 2.76. The van der Waals surface area contributed by atoms with Gasteiger partial charge < -0.3 is 10.5 Å². The van der Waals surface area contributed by atoms with Crippen molar-refractivity contribution in [2.75, 3.05) is 32.8 Å². The Morgan fingerprint density at radius 1 is 1.28 bits per heavy atom. The van der Waals surface area contributed by atoms with Crippen molar-refractivity contribution in [3.05, 3.63) is 33.8 Å². The Morgan fingerprint density at radius 2 is 2.11 bits per heavy atom. The highest BCUT2D eigenvalue weighted by molar-refractivity contribution is 6.42. The molecule has 5 heteroatoms. The Morgan fingerprint density at radius 3 is 2.89 bits per heavy atom. The maximum Gasteiger partial charge on any atom is 0.0640 e. The van der Waals surface area contributed by atoms with E-state index in [1.807, 2.05) is 12.1 Å². The zero-order valence-corrected chi connectivity index (χ0v) is 11.8. The predicted molar refractivity (Wildman–Crippen MR) is 75.3 cm³/mol. The van der Waals surface area contributed by atoms with Crippen molar-refractivity contribution in [2.24, 2.45) is 5.73 Å². The highest BCUT2D eigenvalue weighted by atomic mass is 35.5. The van der Waals surface area contributed by atoms with Gasteiger partial charge in [0.2, 0.25) is 0 Å². The van der Waals surface area contributed by atoms with Gasteiger partial charge in [0.1, 0.15) is 0 Å². The zero-order valence-electron chi connectivity index (χ0n) is 10.2. The molecule has 0 radical (unpaired) electrons. The van der Waals surface area contributed by atoms with E-state index in [1.165, 1.54) is 0 Å². The van der Waals surface area contributed by atoms with Crippen LogP contribution >= 0.6 is 23.2 Å². The van der Waals surface area contributed by atoms with E-state index < -0.39 is 0 Å². The lowest BCUT2D eigenvalue weighted by atomic mass is 10.0. The number of hydrogen-bond donors (Lipinski definition) is 1. The van der Waals surface area contributed by atoms with Crippen LogP contribution in [0.1, 0.15) is 18.0 Å². The van der Waals surface area contributed by atoms with Crippen LogP contribution in [0.5, 0.6) is 0 Å². The van der Waals surface area contributed by atoms with Crippen LogP contribution in [0.4, 0.5) is 0 Å². The summed E-state index contributed by atoms with van der Waals surface area (Å²) >= 11 is 12.4. The maximum absolute atomic E-state index is 6.28. The van der Waals surface area contributed by atoms with Gasteiger partial charge in [0.25, 0.3) is 0 Å². The largest absolute Gasteiger partial charge is 0.380 e. The Balaban J connectivity index is 2.23. The Bertz CT molecular complexity index is 393. The summed E-state index contributed by atoms with van der Waals surface area (Å²) in [6, 6.07) is 5.82. The smallest absolute Gasteiger partial charge is 0.0640 e. The SMILES string of the molecule is NCC(c1cccc(Cl)c1Cl)N1CCCOCC1. The van der Waals surface area contributed by atoms with Crippen LogP contribution < -0.4 is 5.73 Å². The fraction of sp³-hybridized carbons (Fsp3) is 0.538. The van der Waals surface area contributed by atoms with Crippen LogP contribution in [-0.4, -0.2) is 37.7 Å². The van der Waals surface area contributed by atoms with E-state index in [4.69, 9.17) is 33.7 Å². The number of benzene rings is 1. The van der Waals surface area contributed by atoms with Gasteiger partial charge in [-0.15, -0.1) is 0 Å². The Hall–Kier alpha value is -0.320. The lowest BCUT2D eigenvalue weighted by molar-refractivity contribution is 0.132. The molecule has 1 fully saturated rings. The van der Waals surface area contributed by atoms with Gasteiger partial charge >= 0.3 is 0 Å². The second-order valence-electron chi connectivity index (χ2n) is 4.40. The number of halogens is 2. The van der Waals surface area contributed by atoms with Crippen LogP contribution in [0.25, 0.3) is 0 Å². The van der Waals surface area contributed by atoms with Crippen LogP contribution in [0.2, 0.25) is 10.0 Å². The molecule has 1 heterocycles. The van der Waals surface area contributed by atoms with E-state index in [2.05, 4.69) is 4.90 Å². The highest BCUT2D eigenvalue weighted by Gasteiger charge is 2.23. The molecule has 2 rings (SSSR count). The molecule has 100 valence electrons. The minimum atomic E-state index is 0.109. The molecule has 1 saturated heterocycles. The molecule has 1 aromatic carbocycles. The van der Waals surface area contributed by atoms with Gasteiger partial charge in [0.05, 0.1) is 16.7 Å². The summed E-state index contributed by atoms with van der Waals surface area (Å²) in [5.74, 6) is 0. The first-order chi connectivity index (χ1) is 8.74. The molecule has 0 aliphatic carbocycles. The predicted octanol–water partition coefficient (Wildman–Crippen LogP) is 2.72. The third-order valence-corrected chi connectivity index (χ3v) is 4.09. The average molecular weight is 289 g/mol. The van der Waals surface area contributed by atoms with Crippen LogP contribution in [0, 0.1) is 0 Å². The van der Waals surface area contributed by atoms with Gasteiger partial charge in [0.15, 0.2) is 0 Å². The van der Waals surface area contributed by atoms with Crippen LogP contribution in [-0.2, 0) is 4.74 Å². The maximum atomic E-state index is 6.28. The normalized spacial score (nSPS) is 19.5. The molecule has 0 amide bonds. The molecule has 1 aliphatic heterocycles. The van der Waals surface area contributed by atoms with E-state index in [9.17, 15) is 0 Å². The molecule has 1 aliphatic rings. The van der Waals surface area contributed by atoms with Gasteiger partial charge in [-0.1, -0.05) is 35.3 Å². The number of ether oxygens (including phenoxy) is 1.